The van der Waals surface area contributed by atoms with Crippen LogP contribution < -0.4 is 0 Å². The number of aliphatic hydroxyl groups excluding tert-OH is 1. The Morgan fingerprint density at radius 1 is 0.955 bits per heavy atom. The molecule has 0 amide bonds. The van der Waals surface area contributed by atoms with Gasteiger partial charge in [0.1, 0.15) is 0 Å². The molecule has 2 rings (SSSR count). The normalized spacial score (nSPS) is 13.4. The lowest BCUT2D eigenvalue weighted by Gasteiger charge is -2.18. The van der Waals surface area contributed by atoms with E-state index in [9.17, 15) is 5.11 Å². The van der Waals surface area contributed by atoms with E-state index in [1.54, 1.807) is 0 Å². The molecule has 116 valence electrons. The molecule has 1 unspecified atom stereocenters. The highest BCUT2D eigenvalue weighted by molar-refractivity contribution is 6.81. The molecule has 0 aliphatic rings. The zero-order valence-corrected chi connectivity index (χ0v) is 14.6. The summed E-state index contributed by atoms with van der Waals surface area (Å²) in [6, 6.07) is 21.8. The molecule has 0 heterocycles. The Balaban J connectivity index is 1.81. The van der Waals surface area contributed by atoms with E-state index in [1.807, 2.05) is 30.3 Å². The predicted molar refractivity (Wildman–Crippen MR) is 97.4 cm³/mol. The number of hydrogen-bond donors (Lipinski definition) is 1. The maximum Gasteiger partial charge on any atom is 0.0793 e. The van der Waals surface area contributed by atoms with Crippen molar-refractivity contribution < 1.29 is 5.11 Å². The van der Waals surface area contributed by atoms with E-state index in [4.69, 9.17) is 0 Å². The highest BCUT2D eigenvalue weighted by atomic mass is 28.3. The molecule has 1 nitrogen and oxygen atoms in total. The maximum atomic E-state index is 10.2. The second-order valence-electron chi connectivity index (χ2n) is 6.56. The summed E-state index contributed by atoms with van der Waals surface area (Å²) in [5.41, 5.74) is 4.85. The molecule has 2 aromatic rings. The van der Waals surface area contributed by atoms with Crippen LogP contribution in [0.4, 0.5) is 0 Å². The van der Waals surface area contributed by atoms with Crippen LogP contribution in [0, 0.1) is 0 Å². The smallest absolute Gasteiger partial charge is 0.0793 e. The topological polar surface area (TPSA) is 20.2 Å². The maximum absolute atomic E-state index is 10.2. The summed E-state index contributed by atoms with van der Waals surface area (Å²) in [6.07, 6.45) is 3.63. The molecule has 0 saturated heterocycles. The van der Waals surface area contributed by atoms with Gasteiger partial charge in [0.15, 0.2) is 0 Å². The van der Waals surface area contributed by atoms with Crippen LogP contribution >= 0.6 is 0 Å². The molecule has 0 aliphatic heterocycles. The van der Waals surface area contributed by atoms with Crippen LogP contribution in [0.25, 0.3) is 0 Å². The van der Waals surface area contributed by atoms with Crippen molar-refractivity contribution in [3.63, 3.8) is 0 Å². The zero-order valence-electron chi connectivity index (χ0n) is 13.6. The monoisotopic (exact) mass is 310 g/mol. The average molecular weight is 311 g/mol. The van der Waals surface area contributed by atoms with Crippen LogP contribution in [0.3, 0.4) is 0 Å². The average Bonchev–Trinajstić information content (AvgIpc) is 2.53. The van der Waals surface area contributed by atoms with Crippen molar-refractivity contribution in [3.8, 4) is 0 Å². The second-order valence-corrected chi connectivity index (χ2v) is 11.2. The van der Waals surface area contributed by atoms with E-state index < -0.39 is 8.07 Å². The summed E-state index contributed by atoms with van der Waals surface area (Å²) in [7, 11) is -1.36. The third kappa shape index (κ3) is 5.62. The van der Waals surface area contributed by atoms with E-state index in [2.05, 4.69) is 55.2 Å². The fourth-order valence-corrected chi connectivity index (χ4v) is 4.89. The van der Waals surface area contributed by atoms with E-state index in [0.29, 0.717) is 0 Å². The lowest BCUT2D eigenvalue weighted by atomic mass is 10.1. The van der Waals surface area contributed by atoms with Crippen LogP contribution in [-0.4, -0.2) is 13.2 Å². The highest BCUT2D eigenvalue weighted by Crippen LogP contribution is 2.19. The lowest BCUT2D eigenvalue weighted by Crippen LogP contribution is -2.26. The molecule has 1 atom stereocenters. The Morgan fingerprint density at radius 2 is 1.55 bits per heavy atom. The fraction of sp³-hybridized carbons (Fsp3) is 0.300. The van der Waals surface area contributed by atoms with Crippen molar-refractivity contribution in [2.45, 2.75) is 38.1 Å². The fourth-order valence-electron chi connectivity index (χ4n) is 2.68. The molecule has 0 radical (unpaired) electrons. The minimum absolute atomic E-state index is 0.357. The van der Waals surface area contributed by atoms with Gasteiger partial charge in [-0.15, -0.1) is 0 Å². The quantitative estimate of drug-likeness (QED) is 0.707. The van der Waals surface area contributed by atoms with Gasteiger partial charge < -0.3 is 5.11 Å². The number of allylic oxidation sites excluding steroid dienone is 1. The van der Waals surface area contributed by atoms with Crippen LogP contribution in [0.5, 0.6) is 0 Å². The summed E-state index contributed by atoms with van der Waals surface area (Å²) in [4.78, 5) is 0. The molecule has 2 heteroatoms. The van der Waals surface area contributed by atoms with E-state index in [-0.39, 0.29) is 6.10 Å². The van der Waals surface area contributed by atoms with Crippen LogP contribution in [0.15, 0.2) is 72.4 Å². The van der Waals surface area contributed by atoms with Crippen molar-refractivity contribution in [3.05, 3.63) is 83.6 Å². The summed E-state index contributed by atoms with van der Waals surface area (Å²) >= 11 is 0. The Hall–Kier alpha value is -1.64. The Bertz CT molecular complexity index is 575. The summed E-state index contributed by atoms with van der Waals surface area (Å²) < 4.78 is 0. The molecule has 22 heavy (non-hydrogen) atoms. The summed E-state index contributed by atoms with van der Waals surface area (Å²) in [5, 5.41) is 10.2. The molecule has 0 aromatic heterocycles. The largest absolute Gasteiger partial charge is 0.388 e. The SMILES string of the molecule is C[Si](C)(/C=C\CCC(O)c1ccccc1)Cc1ccccc1. The van der Waals surface area contributed by atoms with Gasteiger partial charge in [-0.05, 0) is 24.4 Å². The van der Waals surface area contributed by atoms with Gasteiger partial charge in [-0.3, -0.25) is 0 Å². The number of hydrogen-bond acceptors (Lipinski definition) is 1. The van der Waals surface area contributed by atoms with Gasteiger partial charge in [-0.25, -0.2) is 0 Å². The molecule has 0 aliphatic carbocycles. The highest BCUT2D eigenvalue weighted by Gasteiger charge is 2.17. The van der Waals surface area contributed by atoms with Crippen molar-refractivity contribution in [2.75, 3.05) is 0 Å². The minimum atomic E-state index is -1.36. The zero-order chi connectivity index (χ0) is 15.8. The first kappa shape index (κ1) is 16.7. The number of aliphatic hydroxyl groups is 1. The molecule has 2 aromatic carbocycles. The molecule has 0 saturated carbocycles. The van der Waals surface area contributed by atoms with Crippen LogP contribution in [0.2, 0.25) is 13.1 Å². The van der Waals surface area contributed by atoms with Crippen molar-refractivity contribution in [2.24, 2.45) is 0 Å². The summed E-state index contributed by atoms with van der Waals surface area (Å²) in [5.74, 6) is 0. The predicted octanol–water partition coefficient (Wildman–Crippen LogP) is 5.09. The first-order valence-corrected chi connectivity index (χ1v) is 11.3. The van der Waals surface area contributed by atoms with Crippen molar-refractivity contribution >= 4 is 8.07 Å². The first-order chi connectivity index (χ1) is 10.6. The Morgan fingerprint density at radius 3 is 2.18 bits per heavy atom. The van der Waals surface area contributed by atoms with Gasteiger partial charge in [-0.2, -0.15) is 0 Å². The van der Waals surface area contributed by atoms with Crippen molar-refractivity contribution in [1.82, 2.24) is 0 Å². The minimum Gasteiger partial charge on any atom is -0.388 e. The molecule has 0 bridgehead atoms. The van der Waals surface area contributed by atoms with Crippen LogP contribution in [-0.2, 0) is 6.04 Å². The third-order valence-corrected chi connectivity index (χ3v) is 6.32. The summed E-state index contributed by atoms with van der Waals surface area (Å²) in [6.45, 7) is 4.79. The Kier molecular flexibility index (Phi) is 6.17. The van der Waals surface area contributed by atoms with Gasteiger partial charge in [0.25, 0.3) is 0 Å². The van der Waals surface area contributed by atoms with Gasteiger partial charge in [0.2, 0.25) is 0 Å². The van der Waals surface area contributed by atoms with Gasteiger partial charge in [0, 0.05) is 0 Å². The third-order valence-electron chi connectivity index (χ3n) is 3.86. The van der Waals surface area contributed by atoms with Crippen molar-refractivity contribution in [1.29, 1.82) is 0 Å². The van der Waals surface area contributed by atoms with E-state index in [0.717, 1.165) is 18.4 Å². The Labute approximate surface area is 135 Å². The number of benzene rings is 2. The number of rotatable bonds is 7. The van der Waals surface area contributed by atoms with Gasteiger partial charge >= 0.3 is 0 Å². The molecule has 0 spiro atoms. The first-order valence-electron chi connectivity index (χ1n) is 8.01. The molecule has 1 N–H and O–H groups in total. The molecule has 0 fully saturated rings. The second kappa shape index (κ2) is 8.11. The molecular formula is C20H26OSi. The van der Waals surface area contributed by atoms with Gasteiger partial charge in [0.05, 0.1) is 14.2 Å². The van der Waals surface area contributed by atoms with Crippen LogP contribution in [0.1, 0.15) is 30.1 Å². The molecular weight excluding hydrogens is 284 g/mol. The van der Waals surface area contributed by atoms with E-state index >= 15 is 0 Å². The van der Waals surface area contributed by atoms with Gasteiger partial charge in [-0.1, -0.05) is 91.1 Å². The van der Waals surface area contributed by atoms with E-state index in [1.165, 1.54) is 11.6 Å². The lowest BCUT2D eigenvalue weighted by molar-refractivity contribution is 0.169. The standard InChI is InChI=1S/C20H26OSi/c1-22(2,17-18-11-5-3-6-12-18)16-10-9-15-20(21)19-13-7-4-8-14-19/h3-8,10-14,16,20-21H,9,15,17H2,1-2H3/b16-10-.